The van der Waals surface area contributed by atoms with Crippen LogP contribution in [0.3, 0.4) is 0 Å². The monoisotopic (exact) mass is 474 g/mol. The summed E-state index contributed by atoms with van der Waals surface area (Å²) in [6.45, 7) is 6.60. The minimum atomic E-state index is -5.08. The van der Waals surface area contributed by atoms with Crippen molar-refractivity contribution in [2.45, 2.75) is 25.7 Å². The SMILES string of the molecule is Cc1ccc(CN2C[C@@H]3[C@H](CNC(=O)c4ccnn4C)CO[C@@H]3C2)s1.O=C(O)C(F)(F)F. The van der Waals surface area contributed by atoms with Gasteiger partial charge in [-0.2, -0.15) is 18.3 Å². The molecule has 2 aromatic rings. The van der Waals surface area contributed by atoms with Gasteiger partial charge in [-0.25, -0.2) is 4.79 Å². The highest BCUT2D eigenvalue weighted by Crippen LogP contribution is 2.34. The molecule has 0 bridgehead atoms. The van der Waals surface area contributed by atoms with Gasteiger partial charge >= 0.3 is 12.1 Å². The molecular weight excluding hydrogens is 449 g/mol. The van der Waals surface area contributed by atoms with Crippen molar-refractivity contribution < 1.29 is 32.6 Å². The molecule has 1 amide bonds. The van der Waals surface area contributed by atoms with Crippen LogP contribution in [0.1, 0.15) is 20.2 Å². The number of carbonyl (C=O) groups is 2. The van der Waals surface area contributed by atoms with Crippen molar-refractivity contribution in [1.29, 1.82) is 0 Å². The number of hydrogen-bond acceptors (Lipinski definition) is 6. The number of rotatable bonds is 5. The first-order valence-electron chi connectivity index (χ1n) is 10.00. The smallest absolute Gasteiger partial charge is 0.475 e. The molecule has 0 spiro atoms. The minimum absolute atomic E-state index is 0.0626. The minimum Gasteiger partial charge on any atom is -0.475 e. The largest absolute Gasteiger partial charge is 0.490 e. The van der Waals surface area contributed by atoms with Crippen LogP contribution in [0.25, 0.3) is 0 Å². The summed E-state index contributed by atoms with van der Waals surface area (Å²) in [7, 11) is 1.78. The Labute approximate surface area is 187 Å². The number of halogens is 3. The van der Waals surface area contributed by atoms with Crippen molar-refractivity contribution in [3.63, 3.8) is 0 Å². The maximum atomic E-state index is 12.3. The van der Waals surface area contributed by atoms with Crippen molar-refractivity contribution >= 4 is 23.2 Å². The Balaban J connectivity index is 0.000000360. The highest BCUT2D eigenvalue weighted by atomic mass is 32.1. The predicted octanol–water partition coefficient (Wildman–Crippen LogP) is 2.30. The van der Waals surface area contributed by atoms with Crippen molar-refractivity contribution in [3.05, 3.63) is 39.8 Å². The summed E-state index contributed by atoms with van der Waals surface area (Å²) < 4.78 is 39.3. The maximum Gasteiger partial charge on any atom is 0.490 e. The Bertz CT molecular complexity index is 945. The Morgan fingerprint density at radius 2 is 2.03 bits per heavy atom. The van der Waals surface area contributed by atoms with Crippen LogP contribution in [-0.2, 0) is 23.1 Å². The summed E-state index contributed by atoms with van der Waals surface area (Å²) >= 11 is 1.87. The van der Waals surface area contributed by atoms with Crippen molar-refractivity contribution in [2.75, 3.05) is 26.2 Å². The van der Waals surface area contributed by atoms with Crippen LogP contribution in [0, 0.1) is 18.8 Å². The van der Waals surface area contributed by atoms with Gasteiger partial charge in [0.1, 0.15) is 5.69 Å². The molecule has 12 heteroatoms. The lowest BCUT2D eigenvalue weighted by atomic mass is 9.93. The number of aliphatic carboxylic acids is 1. The number of aryl methyl sites for hydroxylation is 2. The third-order valence-corrected chi connectivity index (χ3v) is 6.50. The van der Waals surface area contributed by atoms with Gasteiger partial charge in [0.05, 0.1) is 12.7 Å². The zero-order valence-corrected chi connectivity index (χ0v) is 18.4. The molecule has 0 radical (unpaired) electrons. The second-order valence-corrected chi connectivity index (χ2v) is 9.23. The molecular formula is C20H25F3N4O4S. The fraction of sp³-hybridized carbons (Fsp3) is 0.550. The fourth-order valence-corrected chi connectivity index (χ4v) is 4.85. The zero-order valence-electron chi connectivity index (χ0n) is 17.6. The molecule has 0 unspecified atom stereocenters. The zero-order chi connectivity index (χ0) is 23.5. The third kappa shape index (κ3) is 6.08. The quantitative estimate of drug-likeness (QED) is 0.691. The van der Waals surface area contributed by atoms with Gasteiger partial charge in [0.15, 0.2) is 0 Å². The normalized spacial score (nSPS) is 22.8. The second kappa shape index (κ2) is 10.0. The Morgan fingerprint density at radius 3 is 2.59 bits per heavy atom. The molecule has 3 atom stereocenters. The van der Waals surface area contributed by atoms with Gasteiger partial charge < -0.3 is 15.2 Å². The van der Waals surface area contributed by atoms with Gasteiger partial charge in [-0.3, -0.25) is 14.4 Å². The van der Waals surface area contributed by atoms with E-state index in [1.807, 2.05) is 11.3 Å². The lowest BCUT2D eigenvalue weighted by Gasteiger charge is -2.19. The number of aromatic nitrogens is 2. The number of nitrogens with zero attached hydrogens (tertiary/aromatic N) is 3. The molecule has 4 rings (SSSR count). The lowest BCUT2D eigenvalue weighted by molar-refractivity contribution is -0.192. The molecule has 4 heterocycles. The number of nitrogens with one attached hydrogen (secondary N) is 1. The summed E-state index contributed by atoms with van der Waals surface area (Å²) in [6, 6.07) is 6.15. The fourth-order valence-electron chi connectivity index (χ4n) is 3.92. The Kier molecular flexibility index (Phi) is 7.57. The molecule has 2 fully saturated rings. The molecule has 0 saturated carbocycles. The van der Waals surface area contributed by atoms with Crippen LogP contribution >= 0.6 is 11.3 Å². The summed E-state index contributed by atoms with van der Waals surface area (Å²) in [4.78, 5) is 26.4. The molecule has 2 N–H and O–H groups in total. The van der Waals surface area contributed by atoms with E-state index in [1.165, 1.54) is 9.75 Å². The average molecular weight is 475 g/mol. The topological polar surface area (TPSA) is 96.7 Å². The van der Waals surface area contributed by atoms with E-state index in [9.17, 15) is 18.0 Å². The third-order valence-electron chi connectivity index (χ3n) is 5.51. The first kappa shape index (κ1) is 24.2. The van der Waals surface area contributed by atoms with E-state index in [0.29, 0.717) is 30.2 Å². The van der Waals surface area contributed by atoms with Crippen molar-refractivity contribution in [1.82, 2.24) is 20.0 Å². The number of fused-ring (bicyclic) bond motifs is 1. The number of carboxylic acid groups (broad SMARTS) is 1. The molecule has 2 aliphatic heterocycles. The van der Waals surface area contributed by atoms with Gasteiger partial charge in [-0.15, -0.1) is 11.3 Å². The van der Waals surface area contributed by atoms with E-state index in [4.69, 9.17) is 14.6 Å². The standard InChI is InChI=1S/C18H24N4O2S.C2HF3O2/c1-12-3-4-14(25-12)8-22-9-15-13(11-24-17(15)10-22)7-19-18(23)16-5-6-20-21(16)2;3-2(4,5)1(6)7/h3-6,13,15,17H,7-11H2,1-2H3,(H,19,23);(H,6,7)/t13-,15-,17-;/m1./s1. The Morgan fingerprint density at radius 1 is 1.31 bits per heavy atom. The number of likely N-dealkylation sites (tertiary alicyclic amines) is 1. The van der Waals surface area contributed by atoms with E-state index in [1.54, 1.807) is 24.0 Å². The van der Waals surface area contributed by atoms with E-state index in [2.05, 4.69) is 34.4 Å². The van der Waals surface area contributed by atoms with Gasteiger partial charge in [-0.1, -0.05) is 0 Å². The molecule has 2 aliphatic rings. The van der Waals surface area contributed by atoms with Crippen LogP contribution in [0.5, 0.6) is 0 Å². The first-order valence-corrected chi connectivity index (χ1v) is 10.8. The van der Waals surface area contributed by atoms with Gasteiger partial charge in [-0.05, 0) is 25.1 Å². The number of carboxylic acids is 1. The summed E-state index contributed by atoms with van der Waals surface area (Å²) in [5.41, 5.74) is 0.594. The van der Waals surface area contributed by atoms with Gasteiger partial charge in [0, 0.05) is 61.0 Å². The van der Waals surface area contributed by atoms with Crippen LogP contribution in [-0.4, -0.2) is 70.2 Å². The maximum absolute atomic E-state index is 12.3. The summed E-state index contributed by atoms with van der Waals surface area (Å²) in [6.07, 6.45) is -3.13. The molecule has 0 aliphatic carbocycles. The number of ether oxygens (including phenoxy) is 1. The van der Waals surface area contributed by atoms with E-state index < -0.39 is 12.1 Å². The predicted molar refractivity (Wildman–Crippen MR) is 110 cm³/mol. The number of hydrogen-bond donors (Lipinski definition) is 2. The molecule has 2 aromatic heterocycles. The molecule has 0 aromatic carbocycles. The van der Waals surface area contributed by atoms with E-state index in [0.717, 1.165) is 26.2 Å². The van der Waals surface area contributed by atoms with Crippen LogP contribution in [0.2, 0.25) is 0 Å². The highest BCUT2D eigenvalue weighted by Gasteiger charge is 2.43. The van der Waals surface area contributed by atoms with E-state index >= 15 is 0 Å². The average Bonchev–Trinajstić information content (AvgIpc) is 3.46. The van der Waals surface area contributed by atoms with Gasteiger partial charge in [0.25, 0.3) is 5.91 Å². The molecule has 2 saturated heterocycles. The van der Waals surface area contributed by atoms with Crippen molar-refractivity contribution in [2.24, 2.45) is 18.9 Å². The van der Waals surface area contributed by atoms with Crippen LogP contribution in [0.4, 0.5) is 13.2 Å². The molecule has 176 valence electrons. The van der Waals surface area contributed by atoms with Crippen LogP contribution in [0.15, 0.2) is 24.4 Å². The molecule has 8 nitrogen and oxygen atoms in total. The highest BCUT2D eigenvalue weighted by molar-refractivity contribution is 7.11. The summed E-state index contributed by atoms with van der Waals surface area (Å²) in [5, 5.41) is 14.2. The number of amides is 1. The summed E-state index contributed by atoms with van der Waals surface area (Å²) in [5.74, 6) is -1.93. The van der Waals surface area contributed by atoms with E-state index in [-0.39, 0.29) is 5.91 Å². The van der Waals surface area contributed by atoms with Crippen molar-refractivity contribution in [3.8, 4) is 0 Å². The Hall–Kier alpha value is -2.44. The van der Waals surface area contributed by atoms with Gasteiger partial charge in [0.2, 0.25) is 0 Å². The number of alkyl halides is 3. The molecule has 32 heavy (non-hydrogen) atoms. The number of carbonyl (C=O) groups excluding carboxylic acids is 1. The van der Waals surface area contributed by atoms with Crippen LogP contribution < -0.4 is 5.32 Å². The number of thiophene rings is 1. The lowest BCUT2D eigenvalue weighted by Crippen LogP contribution is -2.35. The second-order valence-electron chi connectivity index (χ2n) is 7.86. The first-order chi connectivity index (χ1) is 15.0.